The van der Waals surface area contributed by atoms with E-state index in [1.54, 1.807) is 0 Å². The SMILES string of the molecule is O=CC[C@H]1[C@@H](CC=O)C2(OCCO2)[C@@H]2OC[C@H]1O2. The molecule has 3 fully saturated rings. The molecule has 2 bridgehead atoms. The van der Waals surface area contributed by atoms with Gasteiger partial charge < -0.3 is 28.5 Å². The molecule has 18 heavy (non-hydrogen) atoms. The fourth-order valence-electron chi connectivity index (χ4n) is 3.25. The highest BCUT2D eigenvalue weighted by Crippen LogP contribution is 2.49. The fraction of sp³-hybridized carbons (Fsp3) is 0.833. The molecule has 3 heterocycles. The van der Waals surface area contributed by atoms with Gasteiger partial charge in [0.1, 0.15) is 12.6 Å². The van der Waals surface area contributed by atoms with Crippen LogP contribution in [0, 0.1) is 11.8 Å². The summed E-state index contributed by atoms with van der Waals surface area (Å²) in [6.07, 6.45) is 1.58. The van der Waals surface area contributed by atoms with Crippen molar-refractivity contribution in [3.63, 3.8) is 0 Å². The van der Waals surface area contributed by atoms with Crippen LogP contribution in [0.2, 0.25) is 0 Å². The van der Waals surface area contributed by atoms with Crippen molar-refractivity contribution in [2.75, 3.05) is 19.8 Å². The van der Waals surface area contributed by atoms with E-state index < -0.39 is 12.1 Å². The van der Waals surface area contributed by atoms with Crippen LogP contribution in [-0.4, -0.2) is 50.6 Å². The van der Waals surface area contributed by atoms with Gasteiger partial charge in [-0.2, -0.15) is 0 Å². The van der Waals surface area contributed by atoms with Crippen LogP contribution in [0.1, 0.15) is 12.8 Å². The van der Waals surface area contributed by atoms with Gasteiger partial charge in [-0.1, -0.05) is 0 Å². The monoisotopic (exact) mass is 256 g/mol. The van der Waals surface area contributed by atoms with E-state index in [9.17, 15) is 9.59 Å². The zero-order valence-corrected chi connectivity index (χ0v) is 9.95. The number of fused-ring (bicyclic) bond motifs is 3. The molecule has 1 spiro atoms. The van der Waals surface area contributed by atoms with Gasteiger partial charge in [-0.15, -0.1) is 0 Å². The molecule has 0 aromatic rings. The maximum absolute atomic E-state index is 10.9. The molecule has 6 heteroatoms. The van der Waals surface area contributed by atoms with Crippen LogP contribution in [-0.2, 0) is 28.5 Å². The van der Waals surface area contributed by atoms with E-state index in [0.29, 0.717) is 26.2 Å². The first kappa shape index (κ1) is 12.2. The highest BCUT2D eigenvalue weighted by Gasteiger charge is 2.63. The summed E-state index contributed by atoms with van der Waals surface area (Å²) in [6.45, 7) is 1.33. The van der Waals surface area contributed by atoms with Crippen LogP contribution in [0.3, 0.4) is 0 Å². The molecule has 3 aliphatic rings. The van der Waals surface area contributed by atoms with E-state index in [1.165, 1.54) is 0 Å². The van der Waals surface area contributed by atoms with Crippen LogP contribution < -0.4 is 0 Å². The lowest BCUT2D eigenvalue weighted by molar-refractivity contribution is -0.338. The second-order valence-electron chi connectivity index (χ2n) is 4.83. The number of ether oxygens (including phenoxy) is 4. The largest absolute Gasteiger partial charge is 0.345 e. The topological polar surface area (TPSA) is 71.1 Å². The van der Waals surface area contributed by atoms with Gasteiger partial charge in [0.25, 0.3) is 0 Å². The van der Waals surface area contributed by atoms with E-state index in [2.05, 4.69) is 0 Å². The average molecular weight is 256 g/mol. The molecule has 3 aliphatic heterocycles. The molecule has 3 saturated heterocycles. The summed E-state index contributed by atoms with van der Waals surface area (Å²) in [5, 5.41) is 0. The van der Waals surface area contributed by atoms with Gasteiger partial charge in [0.05, 0.1) is 25.9 Å². The number of carbonyl (C=O) groups is 2. The Morgan fingerprint density at radius 2 is 1.83 bits per heavy atom. The lowest BCUT2D eigenvalue weighted by Gasteiger charge is -2.45. The molecule has 0 aromatic carbocycles. The Hall–Kier alpha value is -0.820. The summed E-state index contributed by atoms with van der Waals surface area (Å²) in [4.78, 5) is 21.8. The molecule has 6 nitrogen and oxygen atoms in total. The van der Waals surface area contributed by atoms with Gasteiger partial charge in [-0.3, -0.25) is 0 Å². The number of hydrogen-bond acceptors (Lipinski definition) is 6. The van der Waals surface area contributed by atoms with Crippen molar-refractivity contribution in [2.24, 2.45) is 11.8 Å². The summed E-state index contributed by atoms with van der Waals surface area (Å²) < 4.78 is 22.7. The first-order chi connectivity index (χ1) is 8.81. The zero-order chi connectivity index (χ0) is 12.6. The normalized spacial score (nSPS) is 41.1. The number of aldehydes is 2. The van der Waals surface area contributed by atoms with Crippen molar-refractivity contribution in [1.29, 1.82) is 0 Å². The Kier molecular flexibility index (Phi) is 3.19. The summed E-state index contributed by atoms with van der Waals surface area (Å²) in [5.41, 5.74) is 0. The molecule has 0 N–H and O–H groups in total. The maximum Gasteiger partial charge on any atom is 0.224 e. The third kappa shape index (κ3) is 1.64. The standard InChI is InChI=1S/C12H16O6/c13-3-1-8-9(2-4-14)12(16-5-6-17-12)11-15-7-10(8)18-11/h3-4,8-11H,1-2,5-7H2/t8-,9+,10+,11+/m0/s1. The molecule has 0 radical (unpaired) electrons. The molecule has 100 valence electrons. The lowest BCUT2D eigenvalue weighted by Crippen LogP contribution is -2.58. The Bertz CT molecular complexity index is 337. The van der Waals surface area contributed by atoms with Crippen molar-refractivity contribution in [1.82, 2.24) is 0 Å². The van der Waals surface area contributed by atoms with Crippen LogP contribution in [0.15, 0.2) is 0 Å². The third-order valence-electron chi connectivity index (χ3n) is 4.01. The molecule has 4 atom stereocenters. The minimum absolute atomic E-state index is 0.0930. The van der Waals surface area contributed by atoms with E-state index in [1.807, 2.05) is 0 Å². The quantitative estimate of drug-likeness (QED) is 0.654. The first-order valence-corrected chi connectivity index (χ1v) is 6.24. The number of carbonyl (C=O) groups excluding carboxylic acids is 2. The molecule has 0 unspecified atom stereocenters. The molecule has 0 aromatic heterocycles. The van der Waals surface area contributed by atoms with Gasteiger partial charge in [-0.25, -0.2) is 0 Å². The molecule has 0 amide bonds. The number of rotatable bonds is 4. The van der Waals surface area contributed by atoms with E-state index in [4.69, 9.17) is 18.9 Å². The van der Waals surface area contributed by atoms with E-state index in [0.717, 1.165) is 12.6 Å². The summed E-state index contributed by atoms with van der Waals surface area (Å²) in [6, 6.07) is 0. The third-order valence-corrected chi connectivity index (χ3v) is 4.01. The maximum atomic E-state index is 10.9. The van der Waals surface area contributed by atoms with Crippen LogP contribution in [0.5, 0.6) is 0 Å². The molecular weight excluding hydrogens is 240 g/mol. The minimum atomic E-state index is -1.01. The fourth-order valence-corrected chi connectivity index (χ4v) is 3.25. The lowest BCUT2D eigenvalue weighted by atomic mass is 9.76. The van der Waals surface area contributed by atoms with E-state index in [-0.39, 0.29) is 24.4 Å². The molecule has 0 aliphatic carbocycles. The number of hydrogen-bond donors (Lipinski definition) is 0. The predicted octanol–water partition coefficient (Wildman–Crippen LogP) is -0.105. The Morgan fingerprint density at radius 1 is 1.11 bits per heavy atom. The van der Waals surface area contributed by atoms with Gasteiger partial charge in [-0.05, 0) is 0 Å². The highest BCUT2D eigenvalue weighted by molar-refractivity contribution is 5.52. The minimum Gasteiger partial charge on any atom is -0.345 e. The van der Waals surface area contributed by atoms with Crippen molar-refractivity contribution in [3.8, 4) is 0 Å². The predicted molar refractivity (Wildman–Crippen MR) is 57.6 cm³/mol. The van der Waals surface area contributed by atoms with Crippen molar-refractivity contribution in [3.05, 3.63) is 0 Å². The van der Waals surface area contributed by atoms with Crippen molar-refractivity contribution in [2.45, 2.75) is 31.0 Å². The van der Waals surface area contributed by atoms with Crippen LogP contribution in [0.25, 0.3) is 0 Å². The van der Waals surface area contributed by atoms with Gasteiger partial charge >= 0.3 is 0 Å². The summed E-state index contributed by atoms with van der Waals surface area (Å²) >= 11 is 0. The Balaban J connectivity index is 1.94. The molecular formula is C12H16O6. The summed E-state index contributed by atoms with van der Waals surface area (Å²) in [7, 11) is 0. The van der Waals surface area contributed by atoms with Gasteiger partial charge in [0, 0.05) is 24.7 Å². The second kappa shape index (κ2) is 4.70. The molecule has 0 saturated carbocycles. The summed E-state index contributed by atoms with van der Waals surface area (Å²) in [5.74, 6) is -1.29. The average Bonchev–Trinajstić information content (AvgIpc) is 2.99. The van der Waals surface area contributed by atoms with Crippen LogP contribution in [0.4, 0.5) is 0 Å². The van der Waals surface area contributed by atoms with Gasteiger partial charge in [0.15, 0.2) is 0 Å². The van der Waals surface area contributed by atoms with E-state index >= 15 is 0 Å². The van der Waals surface area contributed by atoms with Gasteiger partial charge in [0.2, 0.25) is 12.1 Å². The highest BCUT2D eigenvalue weighted by atomic mass is 16.8. The van der Waals surface area contributed by atoms with Crippen molar-refractivity contribution < 1.29 is 28.5 Å². The Labute approximate surface area is 105 Å². The Morgan fingerprint density at radius 3 is 2.50 bits per heavy atom. The smallest absolute Gasteiger partial charge is 0.224 e. The van der Waals surface area contributed by atoms with Crippen molar-refractivity contribution >= 4 is 12.6 Å². The second-order valence-corrected chi connectivity index (χ2v) is 4.83. The zero-order valence-electron chi connectivity index (χ0n) is 9.95. The first-order valence-electron chi connectivity index (χ1n) is 6.24. The molecule has 3 rings (SSSR count). The van der Waals surface area contributed by atoms with Crippen LogP contribution >= 0.6 is 0 Å².